The van der Waals surface area contributed by atoms with Crippen LogP contribution in [0.15, 0.2) is 41.9 Å². The number of hydrogen-bond donors (Lipinski definition) is 0. The Morgan fingerprint density at radius 1 is 1.16 bits per heavy atom. The molecule has 2 aromatic heterocycles. The van der Waals surface area contributed by atoms with Gasteiger partial charge in [0.1, 0.15) is 11.6 Å². The third-order valence-electron chi connectivity index (χ3n) is 4.62. The first-order chi connectivity index (χ1) is 12.2. The first-order valence-corrected chi connectivity index (χ1v) is 9.35. The summed E-state index contributed by atoms with van der Waals surface area (Å²) >= 11 is 7.72. The van der Waals surface area contributed by atoms with E-state index in [4.69, 9.17) is 16.6 Å². The molecule has 0 atom stereocenters. The summed E-state index contributed by atoms with van der Waals surface area (Å²) in [5, 5.41) is 0.508. The first-order valence-electron chi connectivity index (χ1n) is 8.09. The maximum absolute atomic E-state index is 14.5. The molecule has 0 N–H and O–H groups in total. The molecule has 6 heteroatoms. The van der Waals surface area contributed by atoms with E-state index >= 15 is 0 Å². The number of halogens is 2. The summed E-state index contributed by atoms with van der Waals surface area (Å²) in [6.45, 7) is 0.903. The average Bonchev–Trinajstić information content (AvgIpc) is 3.30. The van der Waals surface area contributed by atoms with Crippen LogP contribution in [-0.4, -0.2) is 14.5 Å². The zero-order chi connectivity index (χ0) is 17.0. The molecule has 0 spiro atoms. The smallest absolute Gasteiger partial charge is 0.132 e. The van der Waals surface area contributed by atoms with Gasteiger partial charge in [-0.1, -0.05) is 17.7 Å². The Hall–Kier alpha value is -2.24. The number of imidazole rings is 1. The highest BCUT2D eigenvalue weighted by Crippen LogP contribution is 2.38. The van der Waals surface area contributed by atoms with E-state index in [9.17, 15) is 4.39 Å². The van der Waals surface area contributed by atoms with Gasteiger partial charge >= 0.3 is 0 Å². The highest BCUT2D eigenvalue weighted by atomic mass is 35.5. The monoisotopic (exact) mass is 369 g/mol. The van der Waals surface area contributed by atoms with Gasteiger partial charge in [-0.05, 0) is 36.8 Å². The fourth-order valence-electron chi connectivity index (χ4n) is 3.49. The lowest BCUT2D eigenvalue weighted by molar-refractivity contribution is 0.630. The highest BCUT2D eigenvalue weighted by molar-refractivity contribution is 7.16. The van der Waals surface area contributed by atoms with E-state index in [2.05, 4.69) is 15.6 Å². The fraction of sp³-hybridized carbons (Fsp3) is 0.158. The topological polar surface area (TPSA) is 30.7 Å². The molecule has 0 radical (unpaired) electrons. The standard InChI is InChI=1S/C19H13ClFN3S/c20-12-4-5-14(21)13(9-12)18-19(24-7-1-2-17(24)23-18)11-3-6-15-16(8-11)25-10-22-15/h3-6,8-10H,1-2,7H2. The zero-order valence-electron chi connectivity index (χ0n) is 13.2. The van der Waals surface area contributed by atoms with Crippen molar-refractivity contribution < 1.29 is 4.39 Å². The van der Waals surface area contributed by atoms with Gasteiger partial charge in [0.2, 0.25) is 0 Å². The molecular formula is C19H13ClFN3S. The zero-order valence-corrected chi connectivity index (χ0v) is 14.7. The minimum atomic E-state index is -0.304. The van der Waals surface area contributed by atoms with E-state index in [1.54, 1.807) is 23.5 Å². The normalized spacial score (nSPS) is 13.5. The Bertz CT molecular complexity index is 1120. The molecule has 2 aromatic carbocycles. The van der Waals surface area contributed by atoms with Crippen LogP contribution in [0.4, 0.5) is 4.39 Å². The molecule has 0 fully saturated rings. The van der Waals surface area contributed by atoms with E-state index in [0.29, 0.717) is 16.3 Å². The van der Waals surface area contributed by atoms with Crippen molar-refractivity contribution >= 4 is 33.2 Å². The number of rotatable bonds is 2. The molecule has 0 aliphatic carbocycles. The first kappa shape index (κ1) is 15.0. The van der Waals surface area contributed by atoms with Gasteiger partial charge in [0.25, 0.3) is 0 Å². The van der Waals surface area contributed by atoms with Crippen LogP contribution in [0.5, 0.6) is 0 Å². The van der Waals surface area contributed by atoms with E-state index < -0.39 is 0 Å². The molecule has 25 heavy (non-hydrogen) atoms. The Kier molecular flexibility index (Phi) is 3.40. The van der Waals surface area contributed by atoms with Crippen molar-refractivity contribution in [3.8, 4) is 22.5 Å². The Balaban J connectivity index is 1.79. The predicted octanol–water partition coefficient (Wildman–Crippen LogP) is 5.57. The number of aromatic nitrogens is 3. The summed E-state index contributed by atoms with van der Waals surface area (Å²) < 4.78 is 17.8. The molecule has 124 valence electrons. The predicted molar refractivity (Wildman–Crippen MR) is 99.6 cm³/mol. The molecule has 0 saturated carbocycles. The lowest BCUT2D eigenvalue weighted by Gasteiger charge is -2.10. The fourth-order valence-corrected chi connectivity index (χ4v) is 4.38. The second kappa shape index (κ2) is 5.64. The maximum Gasteiger partial charge on any atom is 0.132 e. The molecule has 0 amide bonds. The molecule has 3 nitrogen and oxygen atoms in total. The summed E-state index contributed by atoms with van der Waals surface area (Å²) in [6, 6.07) is 10.8. The van der Waals surface area contributed by atoms with Crippen LogP contribution in [0.25, 0.3) is 32.7 Å². The molecule has 5 rings (SSSR count). The van der Waals surface area contributed by atoms with E-state index in [-0.39, 0.29) is 5.82 Å². The van der Waals surface area contributed by atoms with E-state index in [1.165, 1.54) is 6.07 Å². The van der Waals surface area contributed by atoms with Crippen molar-refractivity contribution in [2.24, 2.45) is 0 Å². The van der Waals surface area contributed by atoms with Crippen molar-refractivity contribution in [1.29, 1.82) is 0 Å². The Morgan fingerprint density at radius 2 is 2.08 bits per heavy atom. The maximum atomic E-state index is 14.5. The Morgan fingerprint density at radius 3 is 3.00 bits per heavy atom. The van der Waals surface area contributed by atoms with Crippen molar-refractivity contribution in [3.05, 3.63) is 58.6 Å². The second-order valence-electron chi connectivity index (χ2n) is 6.14. The van der Waals surface area contributed by atoms with Crippen LogP contribution < -0.4 is 0 Å². The molecule has 4 aromatic rings. The number of fused-ring (bicyclic) bond motifs is 2. The van der Waals surface area contributed by atoms with E-state index in [1.807, 2.05) is 17.6 Å². The van der Waals surface area contributed by atoms with Crippen LogP contribution >= 0.6 is 22.9 Å². The lowest BCUT2D eigenvalue weighted by Crippen LogP contribution is -1.97. The number of thiazole rings is 1. The molecule has 1 aliphatic rings. The molecule has 1 aliphatic heterocycles. The molecule has 0 bridgehead atoms. The van der Waals surface area contributed by atoms with Crippen molar-refractivity contribution in [2.75, 3.05) is 0 Å². The van der Waals surface area contributed by atoms with Gasteiger partial charge in [-0.25, -0.2) is 14.4 Å². The van der Waals surface area contributed by atoms with Crippen molar-refractivity contribution in [3.63, 3.8) is 0 Å². The largest absolute Gasteiger partial charge is 0.327 e. The lowest BCUT2D eigenvalue weighted by atomic mass is 10.0. The van der Waals surface area contributed by atoms with Crippen LogP contribution in [-0.2, 0) is 13.0 Å². The summed E-state index contributed by atoms with van der Waals surface area (Å²) in [7, 11) is 0. The van der Waals surface area contributed by atoms with Crippen LogP contribution in [0.1, 0.15) is 12.2 Å². The van der Waals surface area contributed by atoms with Crippen molar-refractivity contribution in [2.45, 2.75) is 19.4 Å². The van der Waals surface area contributed by atoms with Gasteiger partial charge in [-0.3, -0.25) is 0 Å². The number of nitrogens with zero attached hydrogens (tertiary/aromatic N) is 3. The second-order valence-corrected chi connectivity index (χ2v) is 7.46. The molecule has 3 heterocycles. The summed E-state index contributed by atoms with van der Waals surface area (Å²) in [6.07, 6.45) is 1.98. The van der Waals surface area contributed by atoms with Crippen LogP contribution in [0.2, 0.25) is 5.02 Å². The quantitative estimate of drug-likeness (QED) is 0.462. The third-order valence-corrected chi connectivity index (χ3v) is 5.64. The molecule has 0 unspecified atom stereocenters. The van der Waals surface area contributed by atoms with Crippen LogP contribution in [0, 0.1) is 5.82 Å². The number of hydrogen-bond acceptors (Lipinski definition) is 3. The minimum absolute atomic E-state index is 0.304. The van der Waals surface area contributed by atoms with Gasteiger partial charge in [-0.15, -0.1) is 11.3 Å². The third kappa shape index (κ3) is 2.38. The average molecular weight is 370 g/mol. The summed E-state index contributed by atoms with van der Waals surface area (Å²) in [4.78, 5) is 9.10. The Labute approximate surface area is 152 Å². The van der Waals surface area contributed by atoms with Gasteiger partial charge < -0.3 is 4.57 Å². The molecular weight excluding hydrogens is 357 g/mol. The summed E-state index contributed by atoms with van der Waals surface area (Å²) in [5.41, 5.74) is 5.93. The highest BCUT2D eigenvalue weighted by Gasteiger charge is 2.25. The molecule has 0 saturated heterocycles. The van der Waals surface area contributed by atoms with Crippen LogP contribution in [0.3, 0.4) is 0 Å². The van der Waals surface area contributed by atoms with E-state index in [0.717, 1.165) is 46.7 Å². The summed E-state index contributed by atoms with van der Waals surface area (Å²) in [5.74, 6) is 0.704. The minimum Gasteiger partial charge on any atom is -0.327 e. The van der Waals surface area contributed by atoms with Gasteiger partial charge in [0, 0.05) is 29.1 Å². The number of aryl methyl sites for hydroxylation is 1. The SMILES string of the molecule is Fc1ccc(Cl)cc1-c1nc2n(c1-c1ccc3ncsc3c1)CCC2. The van der Waals surface area contributed by atoms with Crippen molar-refractivity contribution in [1.82, 2.24) is 14.5 Å². The number of benzene rings is 2. The van der Waals surface area contributed by atoms with Gasteiger partial charge in [0.05, 0.1) is 27.1 Å². The van der Waals surface area contributed by atoms with Gasteiger partial charge in [-0.2, -0.15) is 0 Å². The van der Waals surface area contributed by atoms with Gasteiger partial charge in [0.15, 0.2) is 0 Å².